The Hall–Kier alpha value is -3.30. The third-order valence-corrected chi connectivity index (χ3v) is 5.48. The smallest absolute Gasteiger partial charge is 0.254 e. The molecule has 1 fully saturated rings. The number of carbonyl (C=O) groups is 1. The van der Waals surface area contributed by atoms with Crippen molar-refractivity contribution in [2.24, 2.45) is 0 Å². The van der Waals surface area contributed by atoms with Crippen molar-refractivity contribution in [2.75, 3.05) is 33.2 Å². The molecule has 9 heteroatoms. The summed E-state index contributed by atoms with van der Waals surface area (Å²) >= 11 is 0. The Labute approximate surface area is 185 Å². The third kappa shape index (κ3) is 5.12. The minimum atomic E-state index is -1.14. The number of β-amino-alcohol motifs (C(OH)–C–C–N with tert-alkyl or cyclic N) is 1. The summed E-state index contributed by atoms with van der Waals surface area (Å²) in [6.07, 6.45) is 5.00. The van der Waals surface area contributed by atoms with E-state index in [4.69, 9.17) is 4.74 Å². The van der Waals surface area contributed by atoms with Crippen LogP contribution in [0.4, 0.5) is 4.39 Å². The van der Waals surface area contributed by atoms with Gasteiger partial charge in [-0.2, -0.15) is 0 Å². The number of aromatic nitrogens is 3. The molecule has 8 nitrogen and oxygen atoms in total. The van der Waals surface area contributed by atoms with Gasteiger partial charge in [-0.3, -0.25) is 4.79 Å². The average Bonchev–Trinajstić information content (AvgIpc) is 3.07. The SMILES string of the molecule is Cc1nccn1C[C@]1(O)CN(C)CCN(C(=O)c2ccnc(Oc3cccc(F)c3)c2)C1. The molecule has 1 aliphatic heterocycles. The first-order valence-electron chi connectivity index (χ1n) is 10.4. The van der Waals surface area contributed by atoms with Gasteiger partial charge in [-0.15, -0.1) is 0 Å². The van der Waals surface area contributed by atoms with E-state index in [0.29, 0.717) is 37.5 Å². The highest BCUT2D eigenvalue weighted by Crippen LogP contribution is 2.23. The van der Waals surface area contributed by atoms with Crippen LogP contribution in [-0.2, 0) is 6.54 Å². The highest BCUT2D eigenvalue weighted by molar-refractivity contribution is 5.94. The Morgan fingerprint density at radius 1 is 1.19 bits per heavy atom. The lowest BCUT2D eigenvalue weighted by molar-refractivity contribution is -0.0116. The van der Waals surface area contributed by atoms with E-state index in [1.54, 1.807) is 23.2 Å². The van der Waals surface area contributed by atoms with Gasteiger partial charge in [0.25, 0.3) is 5.91 Å². The van der Waals surface area contributed by atoms with E-state index in [2.05, 4.69) is 9.97 Å². The number of aryl methyl sites for hydroxylation is 1. The third-order valence-electron chi connectivity index (χ3n) is 5.48. The molecule has 0 radical (unpaired) electrons. The topological polar surface area (TPSA) is 83.7 Å². The van der Waals surface area contributed by atoms with Crippen LogP contribution >= 0.6 is 0 Å². The van der Waals surface area contributed by atoms with Gasteiger partial charge in [0.2, 0.25) is 5.88 Å². The summed E-state index contributed by atoms with van der Waals surface area (Å²) in [6.45, 7) is 3.92. The van der Waals surface area contributed by atoms with Crippen LogP contribution in [0.1, 0.15) is 16.2 Å². The number of carbonyl (C=O) groups excluding carboxylic acids is 1. The minimum absolute atomic E-state index is 0.177. The van der Waals surface area contributed by atoms with Gasteiger partial charge in [-0.25, -0.2) is 14.4 Å². The summed E-state index contributed by atoms with van der Waals surface area (Å²) < 4.78 is 20.9. The molecule has 168 valence electrons. The van der Waals surface area contributed by atoms with Crippen molar-refractivity contribution in [1.82, 2.24) is 24.3 Å². The zero-order chi connectivity index (χ0) is 22.7. The van der Waals surface area contributed by atoms with E-state index in [1.807, 2.05) is 29.6 Å². The normalized spacial score (nSPS) is 19.6. The van der Waals surface area contributed by atoms with Crippen LogP contribution in [0.2, 0.25) is 0 Å². The monoisotopic (exact) mass is 439 g/mol. The molecule has 1 amide bonds. The fraction of sp³-hybridized carbons (Fsp3) is 0.348. The van der Waals surface area contributed by atoms with E-state index >= 15 is 0 Å². The zero-order valence-corrected chi connectivity index (χ0v) is 18.1. The molecule has 1 atom stereocenters. The van der Waals surface area contributed by atoms with E-state index in [9.17, 15) is 14.3 Å². The Bertz CT molecular complexity index is 1100. The molecule has 4 rings (SSSR count). The number of ether oxygens (including phenoxy) is 1. The maximum Gasteiger partial charge on any atom is 0.254 e. The molecule has 3 aromatic rings. The molecule has 0 unspecified atom stereocenters. The maximum atomic E-state index is 13.4. The first-order chi connectivity index (χ1) is 15.3. The largest absolute Gasteiger partial charge is 0.439 e. The van der Waals surface area contributed by atoms with Crippen molar-refractivity contribution in [3.8, 4) is 11.6 Å². The molecule has 1 aliphatic rings. The summed E-state index contributed by atoms with van der Waals surface area (Å²) in [5.41, 5.74) is -0.752. The second kappa shape index (κ2) is 9.05. The van der Waals surface area contributed by atoms with Gasteiger partial charge in [0.15, 0.2) is 0 Å². The molecule has 0 aliphatic carbocycles. The van der Waals surface area contributed by atoms with Crippen molar-refractivity contribution in [1.29, 1.82) is 0 Å². The summed E-state index contributed by atoms with van der Waals surface area (Å²) in [4.78, 5) is 25.3. The zero-order valence-electron chi connectivity index (χ0n) is 18.1. The van der Waals surface area contributed by atoms with E-state index in [0.717, 1.165) is 5.82 Å². The van der Waals surface area contributed by atoms with Crippen LogP contribution in [0.3, 0.4) is 0 Å². The van der Waals surface area contributed by atoms with Crippen molar-refractivity contribution >= 4 is 5.91 Å². The second-order valence-electron chi connectivity index (χ2n) is 8.23. The Kier molecular flexibility index (Phi) is 6.20. The summed E-state index contributed by atoms with van der Waals surface area (Å²) in [5.74, 6) is 0.640. The van der Waals surface area contributed by atoms with E-state index in [-0.39, 0.29) is 18.3 Å². The van der Waals surface area contributed by atoms with Crippen LogP contribution < -0.4 is 4.74 Å². The summed E-state index contributed by atoms with van der Waals surface area (Å²) in [7, 11) is 1.93. The second-order valence-corrected chi connectivity index (χ2v) is 8.23. The lowest BCUT2D eigenvalue weighted by Crippen LogP contribution is -2.50. The highest BCUT2D eigenvalue weighted by Gasteiger charge is 2.36. The predicted molar refractivity (Wildman–Crippen MR) is 116 cm³/mol. The number of benzene rings is 1. The fourth-order valence-corrected chi connectivity index (χ4v) is 3.95. The number of amides is 1. The Morgan fingerprint density at radius 2 is 2.03 bits per heavy atom. The summed E-state index contributed by atoms with van der Waals surface area (Å²) in [5, 5.41) is 11.4. The summed E-state index contributed by atoms with van der Waals surface area (Å²) in [6, 6.07) is 8.86. The van der Waals surface area contributed by atoms with Gasteiger partial charge in [0, 0.05) is 55.9 Å². The van der Waals surface area contributed by atoms with Gasteiger partial charge in [-0.1, -0.05) is 6.07 Å². The molecule has 1 saturated heterocycles. The highest BCUT2D eigenvalue weighted by atomic mass is 19.1. The number of hydrogen-bond acceptors (Lipinski definition) is 6. The molecular weight excluding hydrogens is 413 g/mol. The number of aliphatic hydroxyl groups is 1. The van der Waals surface area contributed by atoms with Gasteiger partial charge in [0.1, 0.15) is 23.0 Å². The molecule has 2 aromatic heterocycles. The number of halogens is 1. The van der Waals surface area contributed by atoms with Gasteiger partial charge in [-0.05, 0) is 32.2 Å². The number of hydrogen-bond donors (Lipinski definition) is 1. The van der Waals surface area contributed by atoms with E-state index < -0.39 is 11.4 Å². The maximum absolute atomic E-state index is 13.4. The van der Waals surface area contributed by atoms with Crippen LogP contribution in [-0.4, -0.2) is 74.2 Å². The van der Waals surface area contributed by atoms with Crippen LogP contribution in [0.5, 0.6) is 11.6 Å². The van der Waals surface area contributed by atoms with Crippen molar-refractivity contribution in [2.45, 2.75) is 19.1 Å². The van der Waals surface area contributed by atoms with Gasteiger partial charge >= 0.3 is 0 Å². The van der Waals surface area contributed by atoms with Crippen molar-refractivity contribution in [3.05, 3.63) is 72.2 Å². The molecule has 0 saturated carbocycles. The fourth-order valence-electron chi connectivity index (χ4n) is 3.95. The Balaban J connectivity index is 1.53. The molecular formula is C23H26FN5O3. The standard InChI is InChI=1S/C23H26FN5O3/c1-17-25-8-9-28(17)15-23(31)14-27(2)10-11-29(16-23)22(30)18-6-7-26-21(12-18)32-20-5-3-4-19(24)13-20/h3-9,12-13,31H,10-11,14-16H2,1-2H3/t23-/m1/s1. The van der Waals surface area contributed by atoms with Crippen LogP contribution in [0, 0.1) is 12.7 Å². The number of pyridine rings is 1. The number of nitrogens with zero attached hydrogens (tertiary/aromatic N) is 5. The number of imidazole rings is 1. The van der Waals surface area contributed by atoms with Crippen LogP contribution in [0.15, 0.2) is 55.0 Å². The quantitative estimate of drug-likeness (QED) is 0.657. The average molecular weight is 439 g/mol. The van der Waals surface area contributed by atoms with Gasteiger partial charge in [0.05, 0.1) is 13.1 Å². The molecule has 3 heterocycles. The minimum Gasteiger partial charge on any atom is -0.439 e. The molecule has 1 N–H and O–H groups in total. The van der Waals surface area contributed by atoms with Crippen molar-refractivity contribution < 1.29 is 19.0 Å². The first-order valence-corrected chi connectivity index (χ1v) is 10.4. The van der Waals surface area contributed by atoms with Crippen LogP contribution in [0.25, 0.3) is 0 Å². The lowest BCUT2D eigenvalue weighted by atomic mass is 10.0. The molecule has 0 spiro atoms. The lowest BCUT2D eigenvalue weighted by Gasteiger charge is -2.33. The molecule has 1 aromatic carbocycles. The number of rotatable bonds is 5. The van der Waals surface area contributed by atoms with Gasteiger partial charge < -0.3 is 24.2 Å². The number of likely N-dealkylation sites (N-methyl/N-ethyl adjacent to an activating group) is 1. The first kappa shape index (κ1) is 21.9. The van der Waals surface area contributed by atoms with E-state index in [1.165, 1.54) is 30.5 Å². The molecule has 32 heavy (non-hydrogen) atoms. The molecule has 0 bridgehead atoms. The Morgan fingerprint density at radius 3 is 2.78 bits per heavy atom. The predicted octanol–water partition coefficient (Wildman–Crippen LogP) is 2.34. The van der Waals surface area contributed by atoms with Crippen molar-refractivity contribution in [3.63, 3.8) is 0 Å².